The Morgan fingerprint density at radius 2 is 2.06 bits per heavy atom. The van der Waals surface area contributed by atoms with Crippen molar-refractivity contribution < 1.29 is 9.53 Å². The van der Waals surface area contributed by atoms with Crippen LogP contribution < -0.4 is 4.90 Å². The van der Waals surface area contributed by atoms with E-state index >= 15 is 0 Å². The minimum absolute atomic E-state index is 0.0120. The molecule has 0 fully saturated rings. The first-order chi connectivity index (χ1) is 7.69. The zero-order chi connectivity index (χ0) is 12.0. The Morgan fingerprint density at radius 3 is 2.56 bits per heavy atom. The van der Waals surface area contributed by atoms with Gasteiger partial charge in [-0.15, -0.1) is 0 Å². The fraction of sp³-hybridized carbons (Fsp3) is 0.333. The maximum absolute atomic E-state index is 11.6. The zero-order valence-electron chi connectivity index (χ0n) is 9.43. The van der Waals surface area contributed by atoms with E-state index in [9.17, 15) is 4.79 Å². The van der Waals surface area contributed by atoms with Crippen LogP contribution in [0, 0.1) is 18.3 Å². The highest BCUT2D eigenvalue weighted by molar-refractivity contribution is 5.88. The molecule has 0 aliphatic heterocycles. The highest BCUT2D eigenvalue weighted by Gasteiger charge is 2.15. The first-order valence-electron chi connectivity index (χ1n) is 5.07. The van der Waals surface area contributed by atoms with E-state index in [4.69, 9.17) is 10.00 Å². The first-order valence-corrected chi connectivity index (χ1v) is 5.07. The normalized spacial score (nSPS) is 9.31. The molecule has 0 aliphatic rings. The van der Waals surface area contributed by atoms with Crippen molar-refractivity contribution in [3.05, 3.63) is 29.8 Å². The molecule has 0 unspecified atom stereocenters. The molecule has 1 aromatic rings. The maximum Gasteiger partial charge on any atom is 0.415 e. The summed E-state index contributed by atoms with van der Waals surface area (Å²) in [4.78, 5) is 12.9. The summed E-state index contributed by atoms with van der Waals surface area (Å²) in [6.07, 6.45) is -0.493. The number of nitrogens with zero attached hydrogens (tertiary/aromatic N) is 2. The Kier molecular flexibility index (Phi) is 4.34. The molecule has 0 atom stereocenters. The van der Waals surface area contributed by atoms with Crippen LogP contribution in [0.5, 0.6) is 0 Å². The topological polar surface area (TPSA) is 53.3 Å². The number of aryl methyl sites for hydroxylation is 1. The van der Waals surface area contributed by atoms with Crippen LogP contribution in [0.25, 0.3) is 0 Å². The van der Waals surface area contributed by atoms with Gasteiger partial charge in [-0.2, -0.15) is 5.26 Å². The first kappa shape index (κ1) is 12.1. The van der Waals surface area contributed by atoms with Gasteiger partial charge in [-0.1, -0.05) is 17.7 Å². The van der Waals surface area contributed by atoms with Gasteiger partial charge in [0.25, 0.3) is 0 Å². The summed E-state index contributed by atoms with van der Waals surface area (Å²) in [7, 11) is 0. The molecular weight excluding hydrogens is 204 g/mol. The monoisotopic (exact) mass is 218 g/mol. The van der Waals surface area contributed by atoms with Crippen LogP contribution in [0.1, 0.15) is 12.5 Å². The predicted molar refractivity (Wildman–Crippen MR) is 61.2 cm³/mol. The fourth-order valence-electron chi connectivity index (χ4n) is 1.26. The second kappa shape index (κ2) is 5.76. The van der Waals surface area contributed by atoms with Crippen molar-refractivity contribution >= 4 is 11.8 Å². The lowest BCUT2D eigenvalue weighted by Gasteiger charge is -2.18. The lowest BCUT2D eigenvalue weighted by atomic mass is 10.2. The van der Waals surface area contributed by atoms with Gasteiger partial charge in [0, 0.05) is 5.69 Å². The number of benzene rings is 1. The van der Waals surface area contributed by atoms with Gasteiger partial charge in [0.15, 0.2) is 0 Å². The number of hydrogen-bond acceptors (Lipinski definition) is 3. The number of nitriles is 1. The van der Waals surface area contributed by atoms with Crippen molar-refractivity contribution in [3.8, 4) is 6.07 Å². The highest BCUT2D eigenvalue weighted by Crippen LogP contribution is 2.15. The molecule has 0 bridgehead atoms. The molecule has 0 spiro atoms. The summed E-state index contributed by atoms with van der Waals surface area (Å²) in [5.41, 5.74) is 1.77. The summed E-state index contributed by atoms with van der Waals surface area (Å²) >= 11 is 0. The molecule has 1 rings (SSSR count). The third-order valence-electron chi connectivity index (χ3n) is 2.06. The number of hydrogen-bond donors (Lipinski definition) is 0. The van der Waals surface area contributed by atoms with E-state index in [1.54, 1.807) is 19.1 Å². The van der Waals surface area contributed by atoms with E-state index in [0.717, 1.165) is 5.56 Å². The molecule has 0 heterocycles. The number of carbonyl (C=O) groups excluding carboxylic acids is 1. The predicted octanol–water partition coefficient (Wildman–Crippen LogP) is 2.48. The highest BCUT2D eigenvalue weighted by atomic mass is 16.6. The second-order valence-corrected chi connectivity index (χ2v) is 3.28. The minimum Gasteiger partial charge on any atom is -0.449 e. The van der Waals surface area contributed by atoms with Crippen LogP contribution in [-0.2, 0) is 4.74 Å². The van der Waals surface area contributed by atoms with Crippen molar-refractivity contribution in [2.24, 2.45) is 0 Å². The average Bonchev–Trinajstić information content (AvgIpc) is 2.28. The quantitative estimate of drug-likeness (QED) is 0.732. The molecule has 4 nitrogen and oxygen atoms in total. The number of amides is 1. The number of rotatable bonds is 3. The smallest absolute Gasteiger partial charge is 0.415 e. The molecule has 84 valence electrons. The van der Waals surface area contributed by atoms with Crippen LogP contribution in [0.2, 0.25) is 0 Å². The Labute approximate surface area is 95.0 Å². The van der Waals surface area contributed by atoms with Gasteiger partial charge >= 0.3 is 6.09 Å². The van der Waals surface area contributed by atoms with E-state index in [1.165, 1.54) is 4.90 Å². The molecule has 0 saturated heterocycles. The number of carbonyl (C=O) groups is 1. The summed E-state index contributed by atoms with van der Waals surface area (Å²) < 4.78 is 4.88. The molecule has 4 heteroatoms. The molecular formula is C12H14N2O2. The van der Waals surface area contributed by atoms with Crippen molar-refractivity contribution in [2.75, 3.05) is 18.1 Å². The fourth-order valence-corrected chi connectivity index (χ4v) is 1.26. The van der Waals surface area contributed by atoms with Crippen LogP contribution in [0.15, 0.2) is 24.3 Å². The summed E-state index contributed by atoms with van der Waals surface area (Å²) in [6, 6.07) is 9.31. The standard InChI is InChI=1S/C12H14N2O2/c1-3-16-12(15)14(9-8-13)11-6-4-10(2)5-7-11/h4-7H,3,9H2,1-2H3. The van der Waals surface area contributed by atoms with Crippen LogP contribution >= 0.6 is 0 Å². The van der Waals surface area contributed by atoms with Gasteiger partial charge < -0.3 is 4.74 Å². The van der Waals surface area contributed by atoms with E-state index in [0.29, 0.717) is 12.3 Å². The van der Waals surface area contributed by atoms with Gasteiger partial charge in [-0.25, -0.2) is 4.79 Å². The van der Waals surface area contributed by atoms with Gasteiger partial charge in [-0.3, -0.25) is 4.90 Å². The lowest BCUT2D eigenvalue weighted by Crippen LogP contribution is -2.31. The van der Waals surface area contributed by atoms with Gasteiger partial charge in [-0.05, 0) is 26.0 Å². The Morgan fingerprint density at radius 1 is 1.44 bits per heavy atom. The van der Waals surface area contributed by atoms with Crippen molar-refractivity contribution in [1.82, 2.24) is 0 Å². The van der Waals surface area contributed by atoms with E-state index in [1.807, 2.05) is 25.1 Å². The SMILES string of the molecule is CCOC(=O)N(CC#N)c1ccc(C)cc1. The number of anilines is 1. The second-order valence-electron chi connectivity index (χ2n) is 3.28. The summed E-state index contributed by atoms with van der Waals surface area (Å²) in [5, 5.41) is 8.67. The van der Waals surface area contributed by atoms with Crippen LogP contribution in [0.4, 0.5) is 10.5 Å². The Balaban J connectivity index is 2.89. The maximum atomic E-state index is 11.6. The van der Waals surface area contributed by atoms with Gasteiger partial charge in [0.2, 0.25) is 0 Å². The van der Waals surface area contributed by atoms with E-state index < -0.39 is 6.09 Å². The van der Waals surface area contributed by atoms with Crippen molar-refractivity contribution in [3.63, 3.8) is 0 Å². The lowest BCUT2D eigenvalue weighted by molar-refractivity contribution is 0.160. The van der Waals surface area contributed by atoms with Gasteiger partial charge in [0.1, 0.15) is 6.54 Å². The molecule has 0 N–H and O–H groups in total. The average molecular weight is 218 g/mol. The molecule has 0 radical (unpaired) electrons. The minimum atomic E-state index is -0.493. The van der Waals surface area contributed by atoms with Crippen LogP contribution in [-0.4, -0.2) is 19.2 Å². The molecule has 16 heavy (non-hydrogen) atoms. The molecule has 1 amide bonds. The van der Waals surface area contributed by atoms with Gasteiger partial charge in [0.05, 0.1) is 12.7 Å². The Hall–Kier alpha value is -2.02. The van der Waals surface area contributed by atoms with Crippen LogP contribution in [0.3, 0.4) is 0 Å². The van der Waals surface area contributed by atoms with E-state index in [2.05, 4.69) is 0 Å². The largest absolute Gasteiger partial charge is 0.449 e. The third-order valence-corrected chi connectivity index (χ3v) is 2.06. The van der Waals surface area contributed by atoms with Crippen molar-refractivity contribution in [2.45, 2.75) is 13.8 Å². The zero-order valence-corrected chi connectivity index (χ0v) is 9.43. The summed E-state index contributed by atoms with van der Waals surface area (Å²) in [6.45, 7) is 3.98. The molecule has 0 aliphatic carbocycles. The molecule has 0 saturated carbocycles. The number of ether oxygens (including phenoxy) is 1. The third kappa shape index (κ3) is 2.99. The summed E-state index contributed by atoms with van der Waals surface area (Å²) in [5.74, 6) is 0. The Bertz CT molecular complexity index is 392. The molecule has 1 aromatic carbocycles. The molecule has 0 aromatic heterocycles. The van der Waals surface area contributed by atoms with Crippen molar-refractivity contribution in [1.29, 1.82) is 5.26 Å². The van der Waals surface area contributed by atoms with E-state index in [-0.39, 0.29) is 6.54 Å².